The molecule has 2 amide bonds. The Morgan fingerprint density at radius 2 is 2.14 bits per heavy atom. The zero-order chi connectivity index (χ0) is 21.0. The number of hydrogen-bond donors (Lipinski definition) is 3. The van der Waals surface area contributed by atoms with Gasteiger partial charge in [-0.1, -0.05) is 18.5 Å². The molecule has 8 nitrogen and oxygen atoms in total. The number of fused-ring (bicyclic) bond motifs is 1. The summed E-state index contributed by atoms with van der Waals surface area (Å²) in [5.41, 5.74) is 5.89. The Hall–Kier alpha value is -2.75. The van der Waals surface area contributed by atoms with Crippen LogP contribution in [-0.2, 0) is 11.3 Å². The fourth-order valence-corrected chi connectivity index (χ4v) is 3.82. The average molecular weight is 434 g/mol. The number of primary amides is 1. The molecule has 2 aromatic heterocycles. The van der Waals surface area contributed by atoms with Gasteiger partial charge >= 0.3 is 0 Å². The Balaban J connectivity index is 1.64. The number of anilines is 1. The number of aromatic amines is 1. The molecule has 0 spiro atoms. The highest BCUT2D eigenvalue weighted by Gasteiger charge is 2.14. The summed E-state index contributed by atoms with van der Waals surface area (Å²) in [7, 11) is 0. The third-order valence-electron chi connectivity index (χ3n) is 4.38. The molecule has 0 saturated heterocycles. The van der Waals surface area contributed by atoms with Crippen molar-refractivity contribution in [3.63, 3.8) is 0 Å². The van der Waals surface area contributed by atoms with Crippen molar-refractivity contribution in [2.75, 3.05) is 18.4 Å². The summed E-state index contributed by atoms with van der Waals surface area (Å²) in [5, 5.41) is 5.84. The van der Waals surface area contributed by atoms with Gasteiger partial charge in [0.1, 0.15) is 10.8 Å². The van der Waals surface area contributed by atoms with Crippen LogP contribution in [0, 0.1) is 0 Å². The molecule has 3 rings (SSSR count). The molecule has 2 heterocycles. The molecule has 0 radical (unpaired) electrons. The number of nitrogens with one attached hydrogen (secondary N) is 2. The van der Waals surface area contributed by atoms with E-state index in [1.807, 2.05) is 11.8 Å². The Morgan fingerprint density at radius 1 is 1.34 bits per heavy atom. The van der Waals surface area contributed by atoms with Gasteiger partial charge in [0.15, 0.2) is 0 Å². The number of nitrogens with two attached hydrogens (primary N) is 1. The van der Waals surface area contributed by atoms with Gasteiger partial charge in [0.05, 0.1) is 23.0 Å². The number of carbonyl (C=O) groups excluding carboxylic acids is 2. The van der Waals surface area contributed by atoms with Crippen molar-refractivity contribution in [1.82, 2.24) is 14.9 Å². The average Bonchev–Trinajstić information content (AvgIpc) is 3.13. The van der Waals surface area contributed by atoms with E-state index in [-0.39, 0.29) is 17.9 Å². The lowest BCUT2D eigenvalue weighted by Gasteiger charge is -2.19. The number of benzene rings is 1. The maximum atomic E-state index is 12.3. The molecule has 3 aromatic rings. The highest BCUT2D eigenvalue weighted by atomic mass is 35.5. The third-order valence-corrected chi connectivity index (χ3v) is 5.44. The van der Waals surface area contributed by atoms with E-state index in [1.54, 1.807) is 29.6 Å². The zero-order valence-corrected chi connectivity index (χ0v) is 17.3. The number of aromatic nitrogens is 2. The van der Waals surface area contributed by atoms with E-state index in [0.717, 1.165) is 0 Å². The number of hydrogen-bond acceptors (Lipinski definition) is 6. The van der Waals surface area contributed by atoms with E-state index in [4.69, 9.17) is 17.3 Å². The van der Waals surface area contributed by atoms with Gasteiger partial charge in [0.2, 0.25) is 5.91 Å². The summed E-state index contributed by atoms with van der Waals surface area (Å²) in [6.07, 6.45) is 0.216. The van der Waals surface area contributed by atoms with E-state index < -0.39 is 5.91 Å². The van der Waals surface area contributed by atoms with E-state index >= 15 is 0 Å². The third kappa shape index (κ3) is 5.20. The van der Waals surface area contributed by atoms with Crippen molar-refractivity contribution < 1.29 is 9.59 Å². The molecule has 4 N–H and O–H groups in total. The second-order valence-electron chi connectivity index (χ2n) is 6.37. The number of rotatable bonds is 8. The number of carbonyl (C=O) groups is 2. The van der Waals surface area contributed by atoms with Crippen LogP contribution in [0.5, 0.6) is 0 Å². The standard InChI is InChI=1S/C19H20ClN5O3S/c1-2-25(7-5-16(26)24-19-13(17(21)27)6-8-29-19)10-15-22-14-9-11(20)3-4-12(14)18(28)23-15/h3-4,6,8-9H,2,5,7,10H2,1H3,(H2,21,27)(H,24,26)(H,22,23,28). The first-order valence-electron chi connectivity index (χ1n) is 8.95. The molecule has 29 heavy (non-hydrogen) atoms. The minimum atomic E-state index is -0.580. The SMILES string of the molecule is CCN(CCC(=O)Nc1sccc1C(N)=O)Cc1nc2cc(Cl)ccc2c(=O)[nH]1. The van der Waals surface area contributed by atoms with E-state index in [1.165, 1.54) is 11.3 Å². The van der Waals surface area contributed by atoms with Crippen LogP contribution in [0.3, 0.4) is 0 Å². The fourth-order valence-electron chi connectivity index (χ4n) is 2.85. The number of H-pyrrole nitrogens is 1. The summed E-state index contributed by atoms with van der Waals surface area (Å²) in [4.78, 5) is 45.1. The quantitative estimate of drug-likeness (QED) is 0.504. The van der Waals surface area contributed by atoms with Gasteiger partial charge in [0.25, 0.3) is 11.5 Å². The predicted molar refractivity (Wildman–Crippen MR) is 114 cm³/mol. The monoisotopic (exact) mass is 433 g/mol. The van der Waals surface area contributed by atoms with Crippen molar-refractivity contribution in [3.8, 4) is 0 Å². The molecule has 152 valence electrons. The van der Waals surface area contributed by atoms with Crippen LogP contribution in [0.1, 0.15) is 29.5 Å². The summed E-state index contributed by atoms with van der Waals surface area (Å²) in [6.45, 7) is 3.46. The molecule has 0 aliphatic carbocycles. The maximum Gasteiger partial charge on any atom is 0.258 e. The van der Waals surface area contributed by atoms with Crippen molar-refractivity contribution in [1.29, 1.82) is 0 Å². The van der Waals surface area contributed by atoms with Crippen molar-refractivity contribution in [3.05, 3.63) is 56.4 Å². The van der Waals surface area contributed by atoms with Gasteiger partial charge in [-0.2, -0.15) is 0 Å². The summed E-state index contributed by atoms with van der Waals surface area (Å²) < 4.78 is 0. The fraction of sp³-hybridized carbons (Fsp3) is 0.263. The molecule has 0 unspecified atom stereocenters. The Kier molecular flexibility index (Phi) is 6.63. The molecular weight excluding hydrogens is 414 g/mol. The second kappa shape index (κ2) is 9.17. The van der Waals surface area contributed by atoms with Gasteiger partial charge in [-0.15, -0.1) is 11.3 Å². The van der Waals surface area contributed by atoms with Gasteiger partial charge in [0, 0.05) is 18.0 Å². The molecule has 0 atom stereocenters. The lowest BCUT2D eigenvalue weighted by Crippen LogP contribution is -2.29. The van der Waals surface area contributed by atoms with E-state index in [9.17, 15) is 14.4 Å². The van der Waals surface area contributed by atoms with Crippen molar-refractivity contribution >= 4 is 50.7 Å². The first-order chi connectivity index (χ1) is 13.9. The van der Waals surface area contributed by atoms with Crippen LogP contribution in [-0.4, -0.2) is 39.8 Å². The van der Waals surface area contributed by atoms with Crippen LogP contribution < -0.4 is 16.6 Å². The second-order valence-corrected chi connectivity index (χ2v) is 7.72. The predicted octanol–water partition coefficient (Wildman–Crippen LogP) is 2.59. The van der Waals surface area contributed by atoms with Crippen LogP contribution in [0.4, 0.5) is 5.00 Å². The number of nitrogens with zero attached hydrogens (tertiary/aromatic N) is 2. The van der Waals surface area contributed by atoms with Crippen LogP contribution in [0.2, 0.25) is 5.02 Å². The van der Waals surface area contributed by atoms with E-state index in [2.05, 4.69) is 15.3 Å². The van der Waals surface area contributed by atoms with Crippen LogP contribution in [0.15, 0.2) is 34.4 Å². The lowest BCUT2D eigenvalue weighted by molar-refractivity contribution is -0.116. The Labute approximate surface area is 175 Å². The number of amides is 2. The molecular formula is C19H20ClN5O3S. The summed E-state index contributed by atoms with van der Waals surface area (Å²) in [6, 6.07) is 6.51. The van der Waals surface area contributed by atoms with Crippen molar-refractivity contribution in [2.45, 2.75) is 19.9 Å². The van der Waals surface area contributed by atoms with Crippen molar-refractivity contribution in [2.24, 2.45) is 5.73 Å². The zero-order valence-electron chi connectivity index (χ0n) is 15.7. The molecule has 0 saturated carbocycles. The molecule has 1 aromatic carbocycles. The minimum Gasteiger partial charge on any atom is -0.366 e. The first kappa shape index (κ1) is 21.0. The largest absolute Gasteiger partial charge is 0.366 e. The molecule has 10 heteroatoms. The van der Waals surface area contributed by atoms with Crippen LogP contribution in [0.25, 0.3) is 10.9 Å². The minimum absolute atomic E-state index is 0.216. The van der Waals surface area contributed by atoms with Gasteiger partial charge in [-0.05, 0) is 36.2 Å². The summed E-state index contributed by atoms with van der Waals surface area (Å²) >= 11 is 7.24. The normalized spacial score (nSPS) is 11.1. The smallest absolute Gasteiger partial charge is 0.258 e. The molecule has 0 fully saturated rings. The first-order valence-corrected chi connectivity index (χ1v) is 10.2. The Bertz CT molecular complexity index is 1110. The summed E-state index contributed by atoms with van der Waals surface area (Å²) in [5.74, 6) is -0.301. The molecule has 0 bridgehead atoms. The lowest BCUT2D eigenvalue weighted by atomic mass is 10.2. The van der Waals surface area contributed by atoms with E-state index in [0.29, 0.717) is 51.9 Å². The Morgan fingerprint density at radius 3 is 2.86 bits per heavy atom. The highest BCUT2D eigenvalue weighted by molar-refractivity contribution is 7.14. The molecule has 0 aliphatic rings. The van der Waals surface area contributed by atoms with Gasteiger partial charge in [-0.3, -0.25) is 19.3 Å². The maximum absolute atomic E-state index is 12.3. The van der Waals surface area contributed by atoms with Gasteiger partial charge in [-0.25, -0.2) is 4.98 Å². The number of thiophene rings is 1. The number of halogens is 1. The molecule has 0 aliphatic heterocycles. The highest BCUT2D eigenvalue weighted by Crippen LogP contribution is 2.22. The topological polar surface area (TPSA) is 121 Å². The van der Waals surface area contributed by atoms with Gasteiger partial charge < -0.3 is 16.0 Å². The van der Waals surface area contributed by atoms with Crippen LogP contribution >= 0.6 is 22.9 Å².